The van der Waals surface area contributed by atoms with E-state index in [1.807, 2.05) is 47.4 Å². The lowest BCUT2D eigenvalue weighted by Gasteiger charge is -2.30. The van der Waals surface area contributed by atoms with Crippen LogP contribution in [0.4, 0.5) is 0 Å². The quantitative estimate of drug-likeness (QED) is 0.478. The summed E-state index contributed by atoms with van der Waals surface area (Å²) in [5.74, 6) is 0.163. The number of fused-ring (bicyclic) bond motifs is 2. The molecule has 168 valence electrons. The minimum Gasteiger partial charge on any atom is -0.360 e. The number of carbonyl (C=O) groups excluding carboxylic acids is 1. The molecule has 1 amide bonds. The summed E-state index contributed by atoms with van der Waals surface area (Å²) < 4.78 is 0.552. The third-order valence-electron chi connectivity index (χ3n) is 6.64. The predicted octanol–water partition coefficient (Wildman–Crippen LogP) is 5.56. The second-order valence-corrected chi connectivity index (χ2v) is 9.93. The van der Waals surface area contributed by atoms with Gasteiger partial charge in [0.2, 0.25) is 5.91 Å². The molecule has 1 aliphatic carbocycles. The number of hydrogen-bond acceptors (Lipinski definition) is 2. The van der Waals surface area contributed by atoms with Crippen molar-refractivity contribution in [3.63, 3.8) is 0 Å². The highest BCUT2D eigenvalue weighted by Crippen LogP contribution is 2.38. The SMILES string of the molecule is O=C(Cc1ccccc1)N1CCC(=C2c3ccc(Cl)cc3CCc3c2[nH]cc(Br)c3=O)CC1. The van der Waals surface area contributed by atoms with Crippen molar-refractivity contribution in [2.24, 2.45) is 0 Å². The van der Waals surface area contributed by atoms with Gasteiger partial charge >= 0.3 is 0 Å². The van der Waals surface area contributed by atoms with Gasteiger partial charge in [-0.05, 0) is 70.4 Å². The van der Waals surface area contributed by atoms with Crippen molar-refractivity contribution in [3.05, 3.63) is 108 Å². The van der Waals surface area contributed by atoms with Gasteiger partial charge in [0.15, 0.2) is 5.43 Å². The van der Waals surface area contributed by atoms with E-state index in [1.54, 1.807) is 6.20 Å². The van der Waals surface area contributed by atoms with Crippen LogP contribution in [0.25, 0.3) is 5.57 Å². The van der Waals surface area contributed by atoms with Gasteiger partial charge in [-0.25, -0.2) is 0 Å². The smallest absolute Gasteiger partial charge is 0.227 e. The van der Waals surface area contributed by atoms with Crippen LogP contribution in [0.3, 0.4) is 0 Å². The summed E-state index contributed by atoms with van der Waals surface area (Å²) in [4.78, 5) is 31.2. The fourth-order valence-corrected chi connectivity index (χ4v) is 5.49. The second-order valence-electron chi connectivity index (χ2n) is 8.64. The number of rotatable bonds is 2. The van der Waals surface area contributed by atoms with E-state index >= 15 is 0 Å². The van der Waals surface area contributed by atoms with Crippen molar-refractivity contribution in [1.29, 1.82) is 0 Å². The molecule has 33 heavy (non-hydrogen) atoms. The first-order chi connectivity index (χ1) is 16.0. The fraction of sp³-hybridized carbons (Fsp3) is 0.259. The first kappa shape index (κ1) is 22.2. The van der Waals surface area contributed by atoms with E-state index in [2.05, 4.69) is 27.0 Å². The lowest BCUT2D eigenvalue weighted by Crippen LogP contribution is -2.37. The van der Waals surface area contributed by atoms with Crippen molar-refractivity contribution >= 4 is 39.0 Å². The number of nitrogens with one attached hydrogen (secondary N) is 1. The van der Waals surface area contributed by atoms with Gasteiger partial charge in [-0.15, -0.1) is 0 Å². The Hall–Kier alpha value is -2.63. The van der Waals surface area contributed by atoms with Crippen LogP contribution in [-0.2, 0) is 24.1 Å². The zero-order valence-corrected chi connectivity index (χ0v) is 20.5. The number of likely N-dealkylation sites (tertiary alicyclic amines) is 1. The minimum atomic E-state index is 0.0382. The Balaban J connectivity index is 1.49. The molecule has 1 fully saturated rings. The number of aromatic amines is 1. The lowest BCUT2D eigenvalue weighted by atomic mass is 9.88. The van der Waals surface area contributed by atoms with Crippen LogP contribution in [0.15, 0.2) is 69.6 Å². The van der Waals surface area contributed by atoms with E-state index in [4.69, 9.17) is 11.6 Å². The van der Waals surface area contributed by atoms with Crippen LogP contribution in [0, 0.1) is 0 Å². The standard InChI is InChI=1S/C27H24BrClN2O2/c28-23-16-30-26-22(27(23)33)8-6-19-15-20(29)7-9-21(19)25(26)18-10-12-31(13-11-18)24(32)14-17-4-2-1-3-5-17/h1-5,7,9,15-16H,6,8,10-14H2,(H,30,33). The molecule has 0 atom stereocenters. The molecule has 2 aliphatic rings. The first-order valence-electron chi connectivity index (χ1n) is 11.2. The normalized spacial score (nSPS) is 15.6. The molecule has 0 spiro atoms. The van der Waals surface area contributed by atoms with E-state index in [0.29, 0.717) is 35.4 Å². The van der Waals surface area contributed by atoms with Gasteiger partial charge in [0.1, 0.15) is 0 Å². The molecule has 1 saturated heterocycles. The van der Waals surface area contributed by atoms with Crippen LogP contribution in [0.2, 0.25) is 5.02 Å². The van der Waals surface area contributed by atoms with Crippen molar-refractivity contribution in [2.45, 2.75) is 32.1 Å². The number of aryl methyl sites for hydroxylation is 1. The maximum atomic E-state index is 13.0. The summed E-state index contributed by atoms with van der Waals surface area (Å²) >= 11 is 9.70. The van der Waals surface area contributed by atoms with E-state index in [-0.39, 0.29) is 11.3 Å². The van der Waals surface area contributed by atoms with Gasteiger partial charge < -0.3 is 9.88 Å². The fourth-order valence-electron chi connectivity index (χ4n) is 4.94. The second kappa shape index (κ2) is 9.32. The Morgan fingerprint density at radius 2 is 1.79 bits per heavy atom. The third-order valence-corrected chi connectivity index (χ3v) is 7.46. The summed E-state index contributed by atoms with van der Waals surface area (Å²) in [6.07, 6.45) is 5.17. The number of pyridine rings is 1. The number of H-pyrrole nitrogens is 1. The Morgan fingerprint density at radius 3 is 2.55 bits per heavy atom. The van der Waals surface area contributed by atoms with Gasteiger partial charge in [0.25, 0.3) is 0 Å². The largest absolute Gasteiger partial charge is 0.360 e. The van der Waals surface area contributed by atoms with Crippen LogP contribution in [-0.4, -0.2) is 28.9 Å². The zero-order valence-electron chi connectivity index (χ0n) is 18.2. The number of hydrogen-bond donors (Lipinski definition) is 1. The van der Waals surface area contributed by atoms with Crippen molar-refractivity contribution in [1.82, 2.24) is 9.88 Å². The minimum absolute atomic E-state index is 0.0382. The van der Waals surface area contributed by atoms with Gasteiger partial charge in [0, 0.05) is 35.4 Å². The first-order valence-corrected chi connectivity index (χ1v) is 12.4. The van der Waals surface area contributed by atoms with Crippen LogP contribution in [0.5, 0.6) is 0 Å². The number of amides is 1. The highest BCUT2D eigenvalue weighted by Gasteiger charge is 2.27. The van der Waals surface area contributed by atoms with E-state index < -0.39 is 0 Å². The number of aromatic nitrogens is 1. The number of halogens is 2. The summed E-state index contributed by atoms with van der Waals surface area (Å²) in [6.45, 7) is 1.37. The maximum absolute atomic E-state index is 13.0. The Morgan fingerprint density at radius 1 is 1.03 bits per heavy atom. The monoisotopic (exact) mass is 522 g/mol. The predicted molar refractivity (Wildman–Crippen MR) is 136 cm³/mol. The van der Waals surface area contributed by atoms with Crippen molar-refractivity contribution < 1.29 is 4.79 Å². The molecule has 6 heteroatoms. The number of nitrogens with zero attached hydrogens (tertiary/aromatic N) is 1. The number of benzene rings is 2. The average molecular weight is 524 g/mol. The highest BCUT2D eigenvalue weighted by atomic mass is 79.9. The summed E-state index contributed by atoms with van der Waals surface area (Å²) in [5, 5.41) is 0.706. The molecule has 0 saturated carbocycles. The lowest BCUT2D eigenvalue weighted by molar-refractivity contribution is -0.130. The molecule has 0 bridgehead atoms. The molecule has 2 heterocycles. The number of carbonyl (C=O) groups is 1. The molecule has 1 aromatic heterocycles. The summed E-state index contributed by atoms with van der Waals surface area (Å²) in [6, 6.07) is 15.9. The molecular weight excluding hydrogens is 500 g/mol. The highest BCUT2D eigenvalue weighted by molar-refractivity contribution is 9.10. The van der Waals surface area contributed by atoms with Gasteiger partial charge in [-0.2, -0.15) is 0 Å². The van der Waals surface area contributed by atoms with E-state index in [9.17, 15) is 9.59 Å². The molecule has 1 N–H and O–H groups in total. The molecule has 2 aromatic carbocycles. The molecule has 3 aromatic rings. The summed E-state index contributed by atoms with van der Waals surface area (Å²) in [5.41, 5.74) is 7.47. The molecule has 4 nitrogen and oxygen atoms in total. The van der Waals surface area contributed by atoms with Gasteiger partial charge in [-0.1, -0.05) is 53.6 Å². The van der Waals surface area contributed by atoms with Gasteiger partial charge in [0.05, 0.1) is 16.6 Å². The van der Waals surface area contributed by atoms with Crippen LogP contribution < -0.4 is 5.43 Å². The van der Waals surface area contributed by atoms with Crippen LogP contribution in [0.1, 0.15) is 40.8 Å². The van der Waals surface area contributed by atoms with Crippen LogP contribution >= 0.6 is 27.5 Å². The Bertz CT molecular complexity index is 1300. The molecule has 0 radical (unpaired) electrons. The number of piperidine rings is 1. The molecular formula is C27H24BrClN2O2. The van der Waals surface area contributed by atoms with Gasteiger partial charge in [-0.3, -0.25) is 9.59 Å². The maximum Gasteiger partial charge on any atom is 0.227 e. The molecule has 0 unspecified atom stereocenters. The van der Waals surface area contributed by atoms with Crippen molar-refractivity contribution in [3.8, 4) is 0 Å². The summed E-state index contributed by atoms with van der Waals surface area (Å²) in [7, 11) is 0. The van der Waals surface area contributed by atoms with Crippen molar-refractivity contribution in [2.75, 3.05) is 13.1 Å². The Kier molecular flexibility index (Phi) is 6.26. The molecule has 1 aliphatic heterocycles. The third kappa shape index (κ3) is 4.44. The average Bonchev–Trinajstić information content (AvgIpc) is 2.99. The topological polar surface area (TPSA) is 53.2 Å². The van der Waals surface area contributed by atoms with E-state index in [0.717, 1.165) is 52.8 Å². The Labute approximate surface area is 206 Å². The van der Waals surface area contributed by atoms with E-state index in [1.165, 1.54) is 5.57 Å². The molecule has 5 rings (SSSR count). The zero-order chi connectivity index (χ0) is 22.9.